The Labute approximate surface area is 103 Å². The van der Waals surface area contributed by atoms with Crippen molar-refractivity contribution in [3.8, 4) is 0 Å². The zero-order valence-electron chi connectivity index (χ0n) is 10.6. The number of nitrogens with zero attached hydrogens (tertiary/aromatic N) is 3. The van der Waals surface area contributed by atoms with Crippen LogP contribution in [0.15, 0.2) is 18.3 Å². The van der Waals surface area contributed by atoms with Crippen molar-refractivity contribution in [2.75, 3.05) is 37.5 Å². The van der Waals surface area contributed by atoms with E-state index in [4.69, 9.17) is 5.84 Å². The second-order valence-electron chi connectivity index (χ2n) is 4.80. The van der Waals surface area contributed by atoms with E-state index >= 15 is 0 Å². The summed E-state index contributed by atoms with van der Waals surface area (Å²) in [5, 5.41) is 0. The number of likely N-dealkylation sites (N-methyl/N-ethyl adjacent to an activating group) is 1. The van der Waals surface area contributed by atoms with Crippen molar-refractivity contribution in [2.24, 2.45) is 5.84 Å². The van der Waals surface area contributed by atoms with Gasteiger partial charge in [-0.3, -0.25) is 0 Å². The molecule has 0 amide bonds. The van der Waals surface area contributed by atoms with Crippen LogP contribution < -0.4 is 16.2 Å². The Hall–Kier alpha value is -1.33. The van der Waals surface area contributed by atoms with Gasteiger partial charge in [-0.25, -0.2) is 10.8 Å². The topological polar surface area (TPSA) is 57.4 Å². The highest BCUT2D eigenvalue weighted by molar-refractivity contribution is 5.54. The highest BCUT2D eigenvalue weighted by Gasteiger charge is 2.25. The van der Waals surface area contributed by atoms with Crippen molar-refractivity contribution in [3.05, 3.63) is 18.3 Å². The van der Waals surface area contributed by atoms with Crippen LogP contribution in [0.25, 0.3) is 0 Å². The van der Waals surface area contributed by atoms with Gasteiger partial charge in [-0.1, -0.05) is 0 Å². The lowest BCUT2D eigenvalue weighted by molar-refractivity contribution is 0.372. The number of pyridine rings is 1. The number of aromatic nitrogens is 1. The van der Waals surface area contributed by atoms with Crippen molar-refractivity contribution in [1.29, 1.82) is 0 Å². The molecule has 3 N–H and O–H groups in total. The molecule has 1 atom stereocenters. The molecule has 0 saturated carbocycles. The molecule has 0 aliphatic carbocycles. The summed E-state index contributed by atoms with van der Waals surface area (Å²) in [6.07, 6.45) is 4.31. The molecule has 94 valence electrons. The second-order valence-corrected chi connectivity index (χ2v) is 4.80. The van der Waals surface area contributed by atoms with Crippen LogP contribution >= 0.6 is 0 Å². The molecule has 0 aromatic carbocycles. The number of hydrogen-bond donors (Lipinski definition) is 2. The molecule has 0 bridgehead atoms. The fourth-order valence-corrected chi connectivity index (χ4v) is 2.46. The van der Waals surface area contributed by atoms with Crippen LogP contribution in [0, 0.1) is 0 Å². The minimum atomic E-state index is 0.595. The van der Waals surface area contributed by atoms with Gasteiger partial charge in [-0.2, -0.15) is 0 Å². The van der Waals surface area contributed by atoms with Gasteiger partial charge >= 0.3 is 0 Å². The van der Waals surface area contributed by atoms with Crippen LogP contribution in [-0.2, 0) is 0 Å². The summed E-state index contributed by atoms with van der Waals surface area (Å²) in [4.78, 5) is 8.83. The molecule has 1 saturated heterocycles. The van der Waals surface area contributed by atoms with Crippen LogP contribution in [0.5, 0.6) is 0 Å². The number of hydrazine groups is 1. The number of anilines is 2. The number of rotatable bonds is 4. The average Bonchev–Trinajstić information content (AvgIpc) is 2.76. The van der Waals surface area contributed by atoms with Crippen molar-refractivity contribution in [3.63, 3.8) is 0 Å². The predicted molar refractivity (Wildman–Crippen MR) is 71.0 cm³/mol. The minimum Gasteiger partial charge on any atom is -0.367 e. The number of hydrogen-bond acceptors (Lipinski definition) is 5. The summed E-state index contributed by atoms with van der Waals surface area (Å²) in [6.45, 7) is 2.21. The highest BCUT2D eigenvalue weighted by Crippen LogP contribution is 2.26. The Balaban J connectivity index is 2.14. The summed E-state index contributed by atoms with van der Waals surface area (Å²) in [5.74, 6) is 6.11. The molecule has 0 spiro atoms. The van der Waals surface area contributed by atoms with Crippen LogP contribution in [0.2, 0.25) is 0 Å². The Morgan fingerprint density at radius 3 is 3.12 bits per heavy atom. The van der Waals surface area contributed by atoms with E-state index in [1.165, 1.54) is 18.5 Å². The van der Waals surface area contributed by atoms with E-state index in [0.717, 1.165) is 18.9 Å². The number of nitrogens with two attached hydrogens (primary N) is 1. The largest absolute Gasteiger partial charge is 0.367 e. The van der Waals surface area contributed by atoms with E-state index in [1.54, 1.807) is 6.20 Å². The third-order valence-corrected chi connectivity index (χ3v) is 3.18. The predicted octanol–water partition coefficient (Wildman–Crippen LogP) is 0.898. The molecule has 5 heteroatoms. The second kappa shape index (κ2) is 5.33. The first-order valence-electron chi connectivity index (χ1n) is 6.05. The van der Waals surface area contributed by atoms with Gasteiger partial charge in [0.15, 0.2) is 0 Å². The first-order valence-corrected chi connectivity index (χ1v) is 6.05. The van der Waals surface area contributed by atoms with Crippen molar-refractivity contribution < 1.29 is 0 Å². The van der Waals surface area contributed by atoms with Gasteiger partial charge in [-0.05, 0) is 33.0 Å². The summed E-state index contributed by atoms with van der Waals surface area (Å²) in [5.41, 5.74) is 3.80. The number of nitrogen functional groups attached to an aromatic ring is 1. The van der Waals surface area contributed by atoms with E-state index in [-0.39, 0.29) is 0 Å². The maximum Gasteiger partial charge on any atom is 0.141 e. The Morgan fingerprint density at radius 1 is 1.59 bits per heavy atom. The van der Waals surface area contributed by atoms with E-state index in [2.05, 4.69) is 40.4 Å². The third kappa shape index (κ3) is 2.87. The van der Waals surface area contributed by atoms with Crippen molar-refractivity contribution in [1.82, 2.24) is 9.88 Å². The quantitative estimate of drug-likeness (QED) is 0.600. The van der Waals surface area contributed by atoms with Gasteiger partial charge in [0.05, 0.1) is 0 Å². The molecule has 0 radical (unpaired) electrons. The van der Waals surface area contributed by atoms with Gasteiger partial charge in [0.25, 0.3) is 0 Å². The van der Waals surface area contributed by atoms with E-state index < -0.39 is 0 Å². The molecule has 1 fully saturated rings. The highest BCUT2D eigenvalue weighted by atomic mass is 15.3. The summed E-state index contributed by atoms with van der Waals surface area (Å²) in [6, 6.07) is 4.65. The summed E-state index contributed by atoms with van der Waals surface area (Å²) >= 11 is 0. The smallest absolute Gasteiger partial charge is 0.141 e. The van der Waals surface area contributed by atoms with Crippen molar-refractivity contribution in [2.45, 2.75) is 18.9 Å². The molecule has 1 aliphatic heterocycles. The fourth-order valence-electron chi connectivity index (χ4n) is 2.46. The molecular weight excluding hydrogens is 214 g/mol. The normalized spacial score (nSPS) is 20.0. The maximum absolute atomic E-state index is 5.39. The lowest BCUT2D eigenvalue weighted by Crippen LogP contribution is -2.37. The van der Waals surface area contributed by atoms with Crippen molar-refractivity contribution >= 4 is 11.5 Å². The fraction of sp³-hybridized carbons (Fsp3) is 0.583. The molecule has 17 heavy (non-hydrogen) atoms. The standard InChI is InChI=1S/C12H21N5/c1-16(2)9-11-4-3-7-17(11)10-5-6-14-12(8-10)15-13/h5-6,8,11H,3-4,7,9,13H2,1-2H3,(H,14,15). The Kier molecular flexibility index (Phi) is 3.81. The zero-order chi connectivity index (χ0) is 12.3. The maximum atomic E-state index is 5.39. The van der Waals surface area contributed by atoms with Gasteiger partial charge < -0.3 is 15.2 Å². The van der Waals surface area contributed by atoms with E-state index in [1.807, 2.05) is 6.07 Å². The Bertz CT molecular complexity index is 366. The average molecular weight is 235 g/mol. The third-order valence-electron chi connectivity index (χ3n) is 3.18. The van der Waals surface area contributed by atoms with Crippen LogP contribution in [0.3, 0.4) is 0 Å². The van der Waals surface area contributed by atoms with Crippen LogP contribution in [0.4, 0.5) is 11.5 Å². The lowest BCUT2D eigenvalue weighted by atomic mass is 10.2. The molecule has 1 unspecified atom stereocenters. The summed E-state index contributed by atoms with van der Waals surface area (Å²) in [7, 11) is 4.24. The molecule has 5 nitrogen and oxygen atoms in total. The minimum absolute atomic E-state index is 0.595. The zero-order valence-corrected chi connectivity index (χ0v) is 10.6. The first kappa shape index (κ1) is 12.1. The van der Waals surface area contributed by atoms with Gasteiger partial charge in [0, 0.05) is 37.1 Å². The number of nitrogens with one attached hydrogen (secondary N) is 1. The molecule has 2 heterocycles. The molecule has 1 aromatic rings. The SMILES string of the molecule is CN(C)CC1CCCN1c1ccnc(NN)c1. The van der Waals surface area contributed by atoms with E-state index in [9.17, 15) is 0 Å². The summed E-state index contributed by atoms with van der Waals surface area (Å²) < 4.78 is 0. The molecule has 1 aromatic heterocycles. The first-order chi connectivity index (χ1) is 8.20. The van der Waals surface area contributed by atoms with Gasteiger partial charge in [0.2, 0.25) is 0 Å². The Morgan fingerprint density at radius 2 is 2.41 bits per heavy atom. The van der Waals surface area contributed by atoms with Crippen LogP contribution in [-0.4, -0.2) is 43.1 Å². The van der Waals surface area contributed by atoms with Gasteiger partial charge in [-0.15, -0.1) is 0 Å². The van der Waals surface area contributed by atoms with E-state index in [0.29, 0.717) is 6.04 Å². The molecule has 1 aliphatic rings. The monoisotopic (exact) mass is 235 g/mol. The molecule has 2 rings (SSSR count). The molecular formula is C12H21N5. The van der Waals surface area contributed by atoms with Crippen LogP contribution in [0.1, 0.15) is 12.8 Å². The van der Waals surface area contributed by atoms with Gasteiger partial charge in [0.1, 0.15) is 5.82 Å². The lowest BCUT2D eigenvalue weighted by Gasteiger charge is -2.29.